The van der Waals surface area contributed by atoms with E-state index in [9.17, 15) is 4.79 Å². The lowest BCUT2D eigenvalue weighted by atomic mass is 10.00. The highest BCUT2D eigenvalue weighted by atomic mass is 127. The summed E-state index contributed by atoms with van der Waals surface area (Å²) in [5.41, 5.74) is 4.78. The van der Waals surface area contributed by atoms with Crippen LogP contribution in [0.5, 0.6) is 11.5 Å². The summed E-state index contributed by atoms with van der Waals surface area (Å²) in [4.78, 5) is 17.5. The number of piperidine rings is 1. The molecule has 2 aromatic carbocycles. The average molecular weight is 596 g/mol. The fraction of sp³-hybridized carbons (Fsp3) is 0.519. The first-order valence-corrected chi connectivity index (χ1v) is 13.3. The number of carbonyl (C=O) groups is 1. The molecule has 0 aliphatic carbocycles. The third-order valence-electron chi connectivity index (χ3n) is 6.84. The molecule has 1 atom stereocenters. The Morgan fingerprint density at radius 2 is 1.74 bits per heavy atom. The van der Waals surface area contributed by atoms with Gasteiger partial charge in [-0.15, -0.1) is 0 Å². The van der Waals surface area contributed by atoms with Crippen molar-refractivity contribution in [3.63, 3.8) is 0 Å². The third kappa shape index (κ3) is 7.01. The van der Waals surface area contributed by atoms with Crippen LogP contribution in [0.15, 0.2) is 36.4 Å². The van der Waals surface area contributed by atoms with Crippen LogP contribution >= 0.6 is 22.6 Å². The van der Waals surface area contributed by atoms with Crippen molar-refractivity contribution >= 4 is 28.6 Å². The molecule has 1 N–H and O–H groups in total. The number of halogens is 1. The number of hydrogen-bond donors (Lipinski definition) is 1. The third-order valence-corrected chi connectivity index (χ3v) is 8.30. The van der Waals surface area contributed by atoms with Gasteiger partial charge in [0.05, 0.1) is 31.4 Å². The molecule has 2 amide bonds. The minimum atomic E-state index is -0.0564. The molecular formula is C27H38IN3O4. The number of ether oxygens (including phenoxy) is 3. The number of nitrogens with zero attached hydrogens (tertiary/aromatic N) is 2. The van der Waals surface area contributed by atoms with E-state index in [-0.39, 0.29) is 16.1 Å². The number of para-hydroxylation sites is 1. The number of urea groups is 1. The Hall–Kier alpha value is -2.04. The van der Waals surface area contributed by atoms with E-state index in [1.54, 1.807) is 26.2 Å². The van der Waals surface area contributed by atoms with Crippen molar-refractivity contribution in [3.8, 4) is 11.5 Å². The predicted molar refractivity (Wildman–Crippen MR) is 148 cm³/mol. The largest absolute Gasteiger partial charge is 0.496 e. The van der Waals surface area contributed by atoms with Gasteiger partial charge in [-0.25, -0.2) is 4.79 Å². The molecule has 1 unspecified atom stereocenters. The van der Waals surface area contributed by atoms with E-state index in [0.717, 1.165) is 43.0 Å². The highest BCUT2D eigenvalue weighted by Gasteiger charge is 2.28. The van der Waals surface area contributed by atoms with Crippen LogP contribution in [0.25, 0.3) is 0 Å². The summed E-state index contributed by atoms with van der Waals surface area (Å²) in [7, 11) is 5.03. The maximum atomic E-state index is 13.2. The van der Waals surface area contributed by atoms with Crippen LogP contribution in [0.3, 0.4) is 0 Å². The fourth-order valence-corrected chi connectivity index (χ4v) is 5.75. The van der Waals surface area contributed by atoms with Gasteiger partial charge in [0.15, 0.2) is 0 Å². The normalized spacial score (nSPS) is 15.5. The second-order valence-corrected chi connectivity index (χ2v) is 10.1. The van der Waals surface area contributed by atoms with Crippen molar-refractivity contribution in [1.29, 1.82) is 0 Å². The van der Waals surface area contributed by atoms with Gasteiger partial charge in [0, 0.05) is 38.3 Å². The molecule has 192 valence electrons. The Labute approximate surface area is 223 Å². The molecule has 3 rings (SSSR count). The number of likely N-dealkylation sites (tertiary alicyclic amines) is 1. The highest BCUT2D eigenvalue weighted by Crippen LogP contribution is 2.36. The van der Waals surface area contributed by atoms with Gasteiger partial charge >= 0.3 is 6.03 Å². The van der Waals surface area contributed by atoms with Crippen molar-refractivity contribution < 1.29 is 19.0 Å². The van der Waals surface area contributed by atoms with E-state index in [0.29, 0.717) is 19.7 Å². The summed E-state index contributed by atoms with van der Waals surface area (Å²) in [6, 6.07) is 12.2. The van der Waals surface area contributed by atoms with Crippen LogP contribution in [0, 0.1) is 13.8 Å². The quantitative estimate of drug-likeness (QED) is 0.236. The zero-order chi connectivity index (χ0) is 25.4. The van der Waals surface area contributed by atoms with Gasteiger partial charge in [0.1, 0.15) is 11.5 Å². The molecule has 1 fully saturated rings. The molecule has 0 radical (unpaired) electrons. The molecule has 7 nitrogen and oxygen atoms in total. The van der Waals surface area contributed by atoms with Crippen molar-refractivity contribution in [2.24, 2.45) is 0 Å². The smallest absolute Gasteiger partial charge is 0.317 e. The number of methoxy groups -OCH3 is 3. The van der Waals surface area contributed by atoms with Gasteiger partial charge in [0.2, 0.25) is 0 Å². The minimum Gasteiger partial charge on any atom is -0.496 e. The van der Waals surface area contributed by atoms with Crippen molar-refractivity contribution in [3.05, 3.63) is 58.7 Å². The molecule has 1 aliphatic heterocycles. The maximum absolute atomic E-state index is 13.2. The number of nitrogens with one attached hydrogen (secondary N) is 1. The second kappa shape index (κ2) is 13.3. The summed E-state index contributed by atoms with van der Waals surface area (Å²) < 4.78 is 16.5. The number of carbonyl (C=O) groups excluding carboxylic acids is 1. The van der Waals surface area contributed by atoms with Crippen LogP contribution in [-0.4, -0.2) is 69.4 Å². The lowest BCUT2D eigenvalue weighted by Crippen LogP contribution is -2.49. The molecule has 1 heterocycles. The fourth-order valence-electron chi connectivity index (χ4n) is 4.52. The molecule has 2 aromatic rings. The summed E-state index contributed by atoms with van der Waals surface area (Å²) in [5, 5.41) is 3.27. The van der Waals surface area contributed by atoms with Crippen LogP contribution in [-0.2, 0) is 11.3 Å². The molecule has 0 aromatic heterocycles. The summed E-state index contributed by atoms with van der Waals surface area (Å²) in [6.07, 6.45) is 1.85. The Bertz CT molecular complexity index is 979. The first-order valence-electron chi connectivity index (χ1n) is 12.1. The monoisotopic (exact) mass is 595 g/mol. The van der Waals surface area contributed by atoms with Crippen molar-refractivity contribution in [2.45, 2.75) is 43.3 Å². The van der Waals surface area contributed by atoms with Gasteiger partial charge in [-0.3, -0.25) is 4.90 Å². The average Bonchev–Trinajstić information content (AvgIpc) is 2.88. The molecule has 1 saturated heterocycles. The minimum absolute atomic E-state index is 0.0564. The summed E-state index contributed by atoms with van der Waals surface area (Å²) in [5.74, 6) is 1.72. The van der Waals surface area contributed by atoms with E-state index in [4.69, 9.17) is 14.2 Å². The maximum Gasteiger partial charge on any atom is 0.317 e. The number of benzene rings is 2. The van der Waals surface area contributed by atoms with E-state index in [2.05, 4.69) is 58.8 Å². The SMILES string of the molecule is COCCN(Cc1ccccc1OC)C(=O)NC1CCN(C(I)c2ccc(OC)c(C)c2C)CC1. The first-order chi connectivity index (χ1) is 16.9. The molecule has 0 bridgehead atoms. The Morgan fingerprint density at radius 3 is 2.40 bits per heavy atom. The topological polar surface area (TPSA) is 63.3 Å². The van der Waals surface area contributed by atoms with Crippen LogP contribution in [0.2, 0.25) is 0 Å². The number of hydrogen-bond acceptors (Lipinski definition) is 5. The Morgan fingerprint density at radius 1 is 1.06 bits per heavy atom. The predicted octanol–water partition coefficient (Wildman–Crippen LogP) is 5.08. The van der Waals surface area contributed by atoms with Crippen LogP contribution in [0.1, 0.15) is 39.1 Å². The van der Waals surface area contributed by atoms with Crippen molar-refractivity contribution in [2.75, 3.05) is 47.6 Å². The van der Waals surface area contributed by atoms with E-state index in [1.807, 2.05) is 24.3 Å². The molecule has 35 heavy (non-hydrogen) atoms. The lowest BCUT2D eigenvalue weighted by Gasteiger charge is -2.37. The number of alkyl halides is 1. The molecule has 1 aliphatic rings. The highest BCUT2D eigenvalue weighted by molar-refractivity contribution is 14.1. The van der Waals surface area contributed by atoms with Gasteiger partial charge in [-0.05, 0) is 55.5 Å². The summed E-state index contributed by atoms with van der Waals surface area (Å²) in [6.45, 7) is 7.64. The standard InChI is InChI=1S/C27H38IN3O4/c1-19-20(2)24(34-4)11-10-23(19)26(28)30-14-12-22(13-15-30)29-27(32)31(16-17-33-3)18-21-8-6-7-9-25(21)35-5/h6-11,22,26H,12-18H2,1-5H3,(H,29,32). The van der Waals surface area contributed by atoms with E-state index in [1.165, 1.54) is 16.7 Å². The van der Waals surface area contributed by atoms with E-state index >= 15 is 0 Å². The number of rotatable bonds is 10. The van der Waals surface area contributed by atoms with E-state index < -0.39 is 0 Å². The Balaban J connectivity index is 1.59. The van der Waals surface area contributed by atoms with Gasteiger partial charge in [-0.1, -0.05) is 46.9 Å². The number of amides is 2. The van der Waals surface area contributed by atoms with Gasteiger partial charge < -0.3 is 24.4 Å². The second-order valence-electron chi connectivity index (χ2n) is 8.93. The van der Waals surface area contributed by atoms with Gasteiger partial charge in [-0.2, -0.15) is 0 Å². The molecule has 0 spiro atoms. The molecular weight excluding hydrogens is 557 g/mol. The molecule has 8 heteroatoms. The zero-order valence-electron chi connectivity index (χ0n) is 21.5. The zero-order valence-corrected chi connectivity index (χ0v) is 23.6. The van der Waals surface area contributed by atoms with Gasteiger partial charge in [0.25, 0.3) is 0 Å². The first kappa shape index (κ1) is 27.5. The Kier molecular flexibility index (Phi) is 10.5. The van der Waals surface area contributed by atoms with Crippen molar-refractivity contribution in [1.82, 2.24) is 15.1 Å². The van der Waals surface area contributed by atoms with Crippen LogP contribution < -0.4 is 14.8 Å². The van der Waals surface area contributed by atoms with Crippen LogP contribution in [0.4, 0.5) is 4.79 Å². The molecule has 0 saturated carbocycles. The lowest BCUT2D eigenvalue weighted by molar-refractivity contribution is 0.138. The summed E-state index contributed by atoms with van der Waals surface area (Å²) >= 11 is 2.53.